The van der Waals surface area contributed by atoms with E-state index in [1.165, 1.54) is 30.9 Å². The number of allylic oxidation sites excluding steroid dienone is 2. The van der Waals surface area contributed by atoms with Gasteiger partial charge in [0.1, 0.15) is 0 Å². The van der Waals surface area contributed by atoms with Crippen molar-refractivity contribution in [1.82, 2.24) is 4.98 Å². The van der Waals surface area contributed by atoms with E-state index in [0.717, 1.165) is 44.8 Å². The molecule has 0 atom stereocenters. The van der Waals surface area contributed by atoms with E-state index in [1.54, 1.807) is 0 Å². The average molecular weight is 520 g/mol. The lowest BCUT2D eigenvalue weighted by molar-refractivity contribution is 1.36. The minimum atomic E-state index is 0.985. The van der Waals surface area contributed by atoms with Crippen molar-refractivity contribution in [2.24, 2.45) is 0 Å². The maximum atomic E-state index is 5.30. The third-order valence-electron chi connectivity index (χ3n) is 7.25. The lowest BCUT2D eigenvalue weighted by Crippen LogP contribution is -1.96. The van der Waals surface area contributed by atoms with E-state index in [9.17, 15) is 0 Å². The van der Waals surface area contributed by atoms with Gasteiger partial charge in [0.25, 0.3) is 0 Å². The Balaban J connectivity index is 1.73. The van der Waals surface area contributed by atoms with Crippen molar-refractivity contribution in [3.05, 3.63) is 126 Å². The largest absolute Gasteiger partial charge is 0.246 e. The molecule has 0 bridgehead atoms. The van der Waals surface area contributed by atoms with Crippen LogP contribution in [0.2, 0.25) is 0 Å². The third-order valence-corrected chi connectivity index (χ3v) is 8.44. The van der Waals surface area contributed by atoms with E-state index < -0.39 is 0 Å². The molecule has 0 amide bonds. The molecule has 1 nitrogen and oxygen atoms in total. The van der Waals surface area contributed by atoms with E-state index >= 15 is 0 Å². The second-order valence-corrected chi connectivity index (χ2v) is 10.6. The maximum absolute atomic E-state index is 5.30. The molecule has 0 saturated carbocycles. The van der Waals surface area contributed by atoms with Gasteiger partial charge in [0.15, 0.2) is 0 Å². The summed E-state index contributed by atoms with van der Waals surface area (Å²) in [5.74, 6) is 0. The number of benzene rings is 4. The SMILES string of the molecule is C=Cc1c(C=C)c(/C=C\C)c2cc(-c3nc(-c4ccccc4)cc4c3sc3ccccc34)ccc2c1/C=C\C. The number of nitrogens with zero attached hydrogens (tertiary/aromatic N) is 1. The van der Waals surface area contributed by atoms with Crippen molar-refractivity contribution < 1.29 is 0 Å². The Bertz CT molecular complexity index is 1950. The molecule has 0 spiro atoms. The van der Waals surface area contributed by atoms with Crippen molar-refractivity contribution >= 4 is 66.6 Å². The molecule has 0 fully saturated rings. The van der Waals surface area contributed by atoms with Crippen LogP contribution in [0.25, 0.3) is 77.8 Å². The number of fused-ring (bicyclic) bond motifs is 4. The lowest BCUT2D eigenvalue weighted by Gasteiger charge is -2.17. The predicted octanol–water partition coefficient (Wildman–Crippen LogP) is 11.3. The predicted molar refractivity (Wildman–Crippen MR) is 175 cm³/mol. The van der Waals surface area contributed by atoms with Crippen LogP contribution < -0.4 is 0 Å². The van der Waals surface area contributed by atoms with E-state index in [2.05, 4.69) is 124 Å². The smallest absolute Gasteiger partial charge is 0.0888 e. The highest BCUT2D eigenvalue weighted by molar-refractivity contribution is 7.26. The molecule has 0 radical (unpaired) electrons. The van der Waals surface area contributed by atoms with Gasteiger partial charge in [-0.15, -0.1) is 11.3 Å². The van der Waals surface area contributed by atoms with Gasteiger partial charge >= 0.3 is 0 Å². The van der Waals surface area contributed by atoms with Crippen molar-refractivity contribution in [3.8, 4) is 22.5 Å². The lowest BCUT2D eigenvalue weighted by atomic mass is 9.87. The van der Waals surface area contributed by atoms with Crippen LogP contribution in [0.5, 0.6) is 0 Å². The molecule has 4 aromatic carbocycles. The fourth-order valence-electron chi connectivity index (χ4n) is 5.54. The average Bonchev–Trinajstić information content (AvgIpc) is 3.36. The molecule has 2 aromatic heterocycles. The van der Waals surface area contributed by atoms with Gasteiger partial charge < -0.3 is 0 Å². The van der Waals surface area contributed by atoms with Crippen LogP contribution in [-0.4, -0.2) is 4.98 Å². The van der Waals surface area contributed by atoms with Crippen molar-refractivity contribution in [3.63, 3.8) is 0 Å². The fraction of sp³-hybridized carbons (Fsp3) is 0.0541. The first kappa shape index (κ1) is 24.8. The summed E-state index contributed by atoms with van der Waals surface area (Å²) in [6, 6.07) is 28.1. The van der Waals surface area contributed by atoms with Crippen LogP contribution in [0.15, 0.2) is 104 Å². The normalized spacial score (nSPS) is 11.8. The van der Waals surface area contributed by atoms with Crippen molar-refractivity contribution in [2.45, 2.75) is 13.8 Å². The number of pyridine rings is 1. The zero-order valence-electron chi connectivity index (χ0n) is 22.2. The molecule has 2 heteroatoms. The number of thiophene rings is 1. The summed E-state index contributed by atoms with van der Waals surface area (Å²) < 4.78 is 2.49. The Labute approximate surface area is 233 Å². The van der Waals surface area contributed by atoms with E-state index in [4.69, 9.17) is 4.98 Å². The summed E-state index contributed by atoms with van der Waals surface area (Å²) in [4.78, 5) is 5.30. The number of hydrogen-bond acceptors (Lipinski definition) is 2. The first-order valence-corrected chi connectivity index (χ1v) is 14.0. The molecular formula is C37H29NS. The van der Waals surface area contributed by atoms with Crippen molar-refractivity contribution in [1.29, 1.82) is 0 Å². The van der Waals surface area contributed by atoms with E-state index in [0.29, 0.717) is 0 Å². The molecule has 0 saturated heterocycles. The number of aromatic nitrogens is 1. The van der Waals surface area contributed by atoms with Gasteiger partial charge in [0.2, 0.25) is 0 Å². The van der Waals surface area contributed by atoms with Crippen LogP contribution in [0, 0.1) is 0 Å². The molecule has 0 aliphatic carbocycles. The molecule has 39 heavy (non-hydrogen) atoms. The quantitative estimate of drug-likeness (QED) is 0.213. The van der Waals surface area contributed by atoms with Gasteiger partial charge in [-0.3, -0.25) is 0 Å². The van der Waals surface area contributed by atoms with Gasteiger partial charge in [0, 0.05) is 26.6 Å². The summed E-state index contributed by atoms with van der Waals surface area (Å²) in [5.41, 5.74) is 8.74. The second kappa shape index (κ2) is 10.3. The van der Waals surface area contributed by atoms with Crippen molar-refractivity contribution in [2.75, 3.05) is 0 Å². The fourth-order valence-corrected chi connectivity index (χ4v) is 6.73. The van der Waals surface area contributed by atoms with Gasteiger partial charge in [-0.05, 0) is 65.1 Å². The summed E-state index contributed by atoms with van der Waals surface area (Å²) in [6.07, 6.45) is 12.4. The minimum absolute atomic E-state index is 0.985. The zero-order valence-corrected chi connectivity index (χ0v) is 23.1. The monoisotopic (exact) mass is 519 g/mol. The Morgan fingerprint density at radius 2 is 1.28 bits per heavy atom. The molecule has 0 aliphatic rings. The third kappa shape index (κ3) is 4.14. The molecular weight excluding hydrogens is 490 g/mol. The highest BCUT2D eigenvalue weighted by Gasteiger charge is 2.18. The first-order chi connectivity index (χ1) is 19.2. The van der Waals surface area contributed by atoms with Crippen LogP contribution in [0.3, 0.4) is 0 Å². The minimum Gasteiger partial charge on any atom is -0.246 e. The van der Waals surface area contributed by atoms with Crippen LogP contribution in [0.4, 0.5) is 0 Å². The summed E-state index contributed by atoms with van der Waals surface area (Å²) in [5, 5.41) is 4.89. The Morgan fingerprint density at radius 3 is 1.97 bits per heavy atom. The summed E-state index contributed by atoms with van der Waals surface area (Å²) in [6.45, 7) is 12.4. The number of hydrogen-bond donors (Lipinski definition) is 0. The topological polar surface area (TPSA) is 12.9 Å². The molecule has 188 valence electrons. The van der Waals surface area contributed by atoms with Gasteiger partial charge in [0.05, 0.1) is 16.1 Å². The molecule has 0 unspecified atom stereocenters. The standard InChI is InChI=1S/C37H29NS/c1-5-14-28-26(7-3)27(8-4)29(15-6-2)32-22-25(20-21-30(28)32)36-37-33(31-18-12-13-19-35(31)39-37)23-34(38-36)24-16-10-9-11-17-24/h5-23H,3-4H2,1-2H3/b14-5-,15-6-. The van der Waals surface area contributed by atoms with E-state index in [-0.39, 0.29) is 0 Å². The zero-order chi connectivity index (χ0) is 26.9. The van der Waals surface area contributed by atoms with Gasteiger partial charge in [-0.25, -0.2) is 4.98 Å². The van der Waals surface area contributed by atoms with Crippen LogP contribution >= 0.6 is 11.3 Å². The first-order valence-electron chi connectivity index (χ1n) is 13.2. The molecule has 6 rings (SSSR count). The Morgan fingerprint density at radius 1 is 0.615 bits per heavy atom. The Hall–Kier alpha value is -4.53. The second-order valence-electron chi connectivity index (χ2n) is 9.52. The number of rotatable bonds is 6. The Kier molecular flexibility index (Phi) is 6.56. The molecule has 2 heterocycles. The highest BCUT2D eigenvalue weighted by atomic mass is 32.1. The van der Waals surface area contributed by atoms with Gasteiger partial charge in [-0.2, -0.15) is 0 Å². The summed E-state index contributed by atoms with van der Waals surface area (Å²) in [7, 11) is 0. The summed E-state index contributed by atoms with van der Waals surface area (Å²) >= 11 is 1.81. The van der Waals surface area contributed by atoms with E-state index in [1.807, 2.05) is 29.6 Å². The highest BCUT2D eigenvalue weighted by Crippen LogP contribution is 2.43. The molecule has 6 aromatic rings. The van der Waals surface area contributed by atoms with Crippen LogP contribution in [0.1, 0.15) is 36.1 Å². The maximum Gasteiger partial charge on any atom is 0.0888 e. The van der Waals surface area contributed by atoms with Gasteiger partial charge in [-0.1, -0.05) is 110 Å². The molecule has 0 aliphatic heterocycles. The van der Waals surface area contributed by atoms with Crippen LogP contribution in [-0.2, 0) is 0 Å². The molecule has 0 N–H and O–H groups in total.